The van der Waals surface area contributed by atoms with E-state index in [1.165, 1.54) is 60.2 Å². The van der Waals surface area contributed by atoms with Gasteiger partial charge in [0.2, 0.25) is 0 Å². The summed E-state index contributed by atoms with van der Waals surface area (Å²) >= 11 is 0. The van der Waals surface area contributed by atoms with Crippen molar-refractivity contribution >= 4 is 39.4 Å². The second kappa shape index (κ2) is 16.4. The number of ether oxygens (including phenoxy) is 2. The van der Waals surface area contributed by atoms with Crippen molar-refractivity contribution in [3.63, 3.8) is 0 Å². The summed E-state index contributed by atoms with van der Waals surface area (Å²) in [5, 5.41) is 12.5. The molecule has 0 radical (unpaired) electrons. The van der Waals surface area contributed by atoms with Gasteiger partial charge in [0.1, 0.15) is 17.9 Å². The van der Waals surface area contributed by atoms with Gasteiger partial charge in [0.15, 0.2) is 0 Å². The highest BCUT2D eigenvalue weighted by Gasteiger charge is 2.41. The highest BCUT2D eigenvalue weighted by atomic mass is 19.3. The van der Waals surface area contributed by atoms with Crippen molar-refractivity contribution in [2.75, 3.05) is 37.9 Å². The normalized spacial score (nSPS) is 15.3. The first-order valence-electron chi connectivity index (χ1n) is 17.8. The molecule has 2 aromatic carbocycles. The summed E-state index contributed by atoms with van der Waals surface area (Å²) in [6, 6.07) is 7.78. The molecule has 16 heteroatoms. The summed E-state index contributed by atoms with van der Waals surface area (Å²) in [5.41, 5.74) is 0.0503. The van der Waals surface area contributed by atoms with E-state index in [-0.39, 0.29) is 72.8 Å². The number of benzene rings is 2. The number of aliphatic hydroxyl groups is 1. The first-order chi connectivity index (χ1) is 26.3. The number of halogens is 3. The van der Waals surface area contributed by atoms with Gasteiger partial charge in [-0.25, -0.2) is 27.3 Å². The lowest BCUT2D eigenvalue weighted by atomic mass is 9.98. The maximum Gasteiger partial charge on any atom is 0.335 e. The minimum Gasteiger partial charge on any atom is -0.464 e. The van der Waals surface area contributed by atoms with Gasteiger partial charge in [-0.3, -0.25) is 24.1 Å². The van der Waals surface area contributed by atoms with Crippen molar-refractivity contribution in [1.82, 2.24) is 24.4 Å². The van der Waals surface area contributed by atoms with Crippen LogP contribution in [-0.2, 0) is 27.7 Å². The van der Waals surface area contributed by atoms with Crippen molar-refractivity contribution in [3.05, 3.63) is 104 Å². The van der Waals surface area contributed by atoms with Gasteiger partial charge >= 0.3 is 11.7 Å². The number of morpholine rings is 1. The number of rotatable bonds is 13. The molecule has 0 bridgehead atoms. The van der Waals surface area contributed by atoms with E-state index in [1.807, 2.05) is 0 Å². The number of aromatic nitrogens is 4. The number of amides is 1. The van der Waals surface area contributed by atoms with Crippen LogP contribution in [0.5, 0.6) is 0 Å². The Balaban J connectivity index is 1.35. The number of aryl methyl sites for hydroxylation is 2. The third-order valence-corrected chi connectivity index (χ3v) is 9.76. The Morgan fingerprint density at radius 3 is 2.65 bits per heavy atom. The fraction of sp³-hybridized carbons (Fsp3) is 0.385. The number of anilines is 1. The Kier molecular flexibility index (Phi) is 11.7. The van der Waals surface area contributed by atoms with Gasteiger partial charge < -0.3 is 24.8 Å². The molecule has 4 heterocycles. The van der Waals surface area contributed by atoms with Crippen molar-refractivity contribution in [3.8, 4) is 5.69 Å². The van der Waals surface area contributed by atoms with Crippen molar-refractivity contribution < 1.29 is 37.3 Å². The van der Waals surface area contributed by atoms with Gasteiger partial charge in [0.25, 0.3) is 17.4 Å². The van der Waals surface area contributed by atoms with Crippen LogP contribution < -0.4 is 21.5 Å². The minimum absolute atomic E-state index is 0.000996. The van der Waals surface area contributed by atoms with Crippen LogP contribution >= 0.6 is 0 Å². The molecule has 1 saturated heterocycles. The molecular formula is C39H41F3N6O7. The van der Waals surface area contributed by atoms with E-state index in [0.717, 1.165) is 17.6 Å². The largest absolute Gasteiger partial charge is 0.464 e. The van der Waals surface area contributed by atoms with E-state index < -0.39 is 46.9 Å². The topological polar surface area (TPSA) is 158 Å². The number of carbonyl (C=O) groups excluding carboxylic acids is 2. The fourth-order valence-corrected chi connectivity index (χ4v) is 6.90. The quantitative estimate of drug-likeness (QED) is 0.133. The summed E-state index contributed by atoms with van der Waals surface area (Å²) in [4.78, 5) is 64.4. The first kappa shape index (κ1) is 39.1. The lowest BCUT2D eigenvalue weighted by molar-refractivity contribution is -0.146. The van der Waals surface area contributed by atoms with Crippen LogP contribution in [0.15, 0.2) is 70.6 Å². The van der Waals surface area contributed by atoms with Crippen molar-refractivity contribution in [2.24, 2.45) is 7.05 Å². The SMILES string of the molecule is Cc1cc(N2CCOC[C@@H]2C(C)(F)F)cc(F)c1C(=O)NC(Cc1ccc(-n2c(=O)c3ccncc3n(C)c2=O)c2ncccc12)C(=O)OCCCCCO. The van der Waals surface area contributed by atoms with Crippen LogP contribution in [0, 0.1) is 12.7 Å². The van der Waals surface area contributed by atoms with Gasteiger partial charge in [-0.2, -0.15) is 0 Å². The molecule has 1 fully saturated rings. The lowest BCUT2D eigenvalue weighted by Crippen LogP contribution is -2.54. The zero-order valence-electron chi connectivity index (χ0n) is 30.6. The number of unbranched alkanes of at least 4 members (excludes halogenated alkanes) is 2. The summed E-state index contributed by atoms with van der Waals surface area (Å²) in [7, 11) is 1.52. The Morgan fingerprint density at radius 1 is 1.11 bits per heavy atom. The molecule has 3 aromatic heterocycles. The lowest BCUT2D eigenvalue weighted by Gasteiger charge is -2.40. The fourth-order valence-electron chi connectivity index (χ4n) is 6.90. The Labute approximate surface area is 313 Å². The summed E-state index contributed by atoms with van der Waals surface area (Å²) in [6.07, 6.45) is 5.77. The molecule has 5 aromatic rings. The van der Waals surface area contributed by atoms with Crippen LogP contribution in [0.25, 0.3) is 27.5 Å². The number of carbonyl (C=O) groups is 2. The number of hydrogen-bond donors (Lipinski definition) is 2. The van der Waals surface area contributed by atoms with E-state index in [9.17, 15) is 28.0 Å². The van der Waals surface area contributed by atoms with Crippen LogP contribution in [0.3, 0.4) is 0 Å². The van der Waals surface area contributed by atoms with E-state index in [4.69, 9.17) is 14.6 Å². The predicted octanol–water partition coefficient (Wildman–Crippen LogP) is 3.99. The van der Waals surface area contributed by atoms with Gasteiger partial charge in [0.05, 0.1) is 53.7 Å². The molecule has 0 saturated carbocycles. The minimum atomic E-state index is -3.15. The monoisotopic (exact) mass is 762 g/mol. The Hall–Kier alpha value is -5.61. The first-order valence-corrected chi connectivity index (χ1v) is 17.8. The summed E-state index contributed by atoms with van der Waals surface area (Å²) < 4.78 is 57.8. The van der Waals surface area contributed by atoms with E-state index in [0.29, 0.717) is 35.7 Å². The molecule has 1 amide bonds. The predicted molar refractivity (Wildman–Crippen MR) is 198 cm³/mol. The number of fused-ring (bicyclic) bond motifs is 2. The number of nitrogens with one attached hydrogen (secondary N) is 1. The number of pyridine rings is 2. The van der Waals surface area contributed by atoms with E-state index in [2.05, 4.69) is 15.3 Å². The van der Waals surface area contributed by atoms with Crippen molar-refractivity contribution in [1.29, 1.82) is 0 Å². The molecule has 1 aliphatic rings. The van der Waals surface area contributed by atoms with Gasteiger partial charge in [-0.05, 0) is 67.6 Å². The van der Waals surface area contributed by atoms with Gasteiger partial charge in [-0.15, -0.1) is 0 Å². The van der Waals surface area contributed by atoms with Crippen LogP contribution in [0.2, 0.25) is 0 Å². The molecule has 2 N–H and O–H groups in total. The maximum absolute atomic E-state index is 15.8. The highest BCUT2D eigenvalue weighted by Crippen LogP contribution is 2.32. The van der Waals surface area contributed by atoms with Crippen LogP contribution in [0.4, 0.5) is 18.9 Å². The molecule has 0 aliphatic carbocycles. The average molecular weight is 763 g/mol. The number of aliphatic hydroxyl groups excluding tert-OH is 1. The Bertz CT molecular complexity index is 2340. The molecule has 290 valence electrons. The molecule has 1 unspecified atom stereocenters. The molecule has 2 atom stereocenters. The van der Waals surface area contributed by atoms with Gasteiger partial charge in [-0.1, -0.05) is 12.1 Å². The number of esters is 1. The molecular weight excluding hydrogens is 721 g/mol. The second-order valence-electron chi connectivity index (χ2n) is 13.6. The van der Waals surface area contributed by atoms with E-state index in [1.54, 1.807) is 18.2 Å². The van der Waals surface area contributed by atoms with Gasteiger partial charge in [0, 0.05) is 57.0 Å². The third-order valence-electron chi connectivity index (χ3n) is 9.76. The molecule has 6 rings (SSSR count). The number of alkyl halides is 2. The van der Waals surface area contributed by atoms with Crippen LogP contribution in [-0.4, -0.2) is 87.1 Å². The summed E-state index contributed by atoms with van der Waals surface area (Å²) in [6.45, 7) is 2.23. The zero-order chi connectivity index (χ0) is 39.4. The standard InChI is InChI=1S/C39H41F3N6O7/c1-23-18-25(47-14-17-54-22-32(47)39(2,41)42)20-28(40)33(23)35(50)45-29(37(52)55-16-6-4-5-15-49)19-24-9-10-30(34-26(24)8-7-12-44-34)48-36(51)27-11-13-43-21-31(27)46(3)38(48)53/h7-13,18,20-21,29,32,49H,4-6,14-17,19,22H2,1-3H3,(H,45,50)/t29?,32-/m1/s1. The maximum atomic E-state index is 15.8. The second-order valence-corrected chi connectivity index (χ2v) is 13.6. The van der Waals surface area contributed by atoms with Crippen molar-refractivity contribution in [2.45, 2.75) is 57.5 Å². The number of nitrogens with zero attached hydrogens (tertiary/aromatic N) is 5. The number of hydrogen-bond acceptors (Lipinski definition) is 10. The Morgan fingerprint density at radius 2 is 1.91 bits per heavy atom. The smallest absolute Gasteiger partial charge is 0.335 e. The molecule has 55 heavy (non-hydrogen) atoms. The third kappa shape index (κ3) is 8.10. The molecule has 0 spiro atoms. The van der Waals surface area contributed by atoms with E-state index >= 15 is 4.39 Å². The average Bonchev–Trinajstić information content (AvgIpc) is 3.16. The van der Waals surface area contributed by atoms with Crippen LogP contribution in [0.1, 0.15) is 47.7 Å². The highest BCUT2D eigenvalue weighted by molar-refractivity contribution is 5.99. The summed E-state index contributed by atoms with van der Waals surface area (Å²) in [5.74, 6) is -5.85. The molecule has 1 aliphatic heterocycles. The zero-order valence-corrected chi connectivity index (χ0v) is 30.6. The molecule has 13 nitrogen and oxygen atoms in total.